The maximum absolute atomic E-state index is 12.5. The smallest absolute Gasteiger partial charge is 0.344 e. The van der Waals surface area contributed by atoms with Crippen LogP contribution in [-0.2, 0) is 0 Å². The minimum atomic E-state index is -1.04. The SMILES string of the molecule is COc1cc(/C=C(\C#N)c2ccccc2)ccc1OC(=O)c1cc([N+](=O)[O-])cc([N+](=O)[O-])c1. The molecule has 0 spiro atoms. The fourth-order valence-electron chi connectivity index (χ4n) is 2.91. The van der Waals surface area contributed by atoms with Gasteiger partial charge in [0.2, 0.25) is 0 Å². The topological polar surface area (TPSA) is 146 Å². The van der Waals surface area contributed by atoms with E-state index >= 15 is 0 Å². The van der Waals surface area contributed by atoms with Gasteiger partial charge in [0.05, 0.1) is 40.2 Å². The van der Waals surface area contributed by atoms with Gasteiger partial charge in [-0.15, -0.1) is 0 Å². The molecule has 0 atom stereocenters. The predicted molar refractivity (Wildman–Crippen MR) is 118 cm³/mol. The quantitative estimate of drug-likeness (QED) is 0.126. The third kappa shape index (κ3) is 5.36. The maximum atomic E-state index is 12.5. The van der Waals surface area contributed by atoms with Gasteiger partial charge < -0.3 is 9.47 Å². The highest BCUT2D eigenvalue weighted by molar-refractivity contribution is 5.93. The van der Waals surface area contributed by atoms with E-state index in [1.807, 2.05) is 18.2 Å². The molecule has 0 saturated carbocycles. The number of carbonyl (C=O) groups is 1. The van der Waals surface area contributed by atoms with Gasteiger partial charge in [0.15, 0.2) is 11.5 Å². The fourth-order valence-corrected chi connectivity index (χ4v) is 2.91. The van der Waals surface area contributed by atoms with Gasteiger partial charge in [-0.3, -0.25) is 20.2 Å². The Morgan fingerprint density at radius 2 is 1.55 bits per heavy atom. The second kappa shape index (κ2) is 9.84. The number of nitro benzene ring substituents is 2. The normalized spacial score (nSPS) is 10.7. The van der Waals surface area contributed by atoms with Crippen LogP contribution in [0.25, 0.3) is 11.6 Å². The van der Waals surface area contributed by atoms with Crippen LogP contribution >= 0.6 is 0 Å². The molecule has 0 aromatic heterocycles. The van der Waals surface area contributed by atoms with Crippen molar-refractivity contribution in [1.29, 1.82) is 5.26 Å². The molecule has 0 unspecified atom stereocenters. The Kier molecular flexibility index (Phi) is 6.75. The van der Waals surface area contributed by atoms with Crippen molar-refractivity contribution in [2.24, 2.45) is 0 Å². The molecule has 0 radical (unpaired) electrons. The van der Waals surface area contributed by atoms with Gasteiger partial charge >= 0.3 is 5.97 Å². The number of nitrogens with zero attached hydrogens (tertiary/aromatic N) is 3. The first-order chi connectivity index (χ1) is 15.8. The zero-order chi connectivity index (χ0) is 24.0. The molecule has 0 amide bonds. The molecule has 0 heterocycles. The van der Waals surface area contributed by atoms with Crippen LogP contribution in [0.4, 0.5) is 11.4 Å². The summed E-state index contributed by atoms with van der Waals surface area (Å²) in [7, 11) is 1.35. The van der Waals surface area contributed by atoms with Crippen LogP contribution in [-0.4, -0.2) is 22.9 Å². The third-order valence-electron chi connectivity index (χ3n) is 4.47. The number of carbonyl (C=O) groups excluding carboxylic acids is 1. The van der Waals surface area contributed by atoms with E-state index in [9.17, 15) is 30.3 Å². The molecule has 0 fully saturated rings. The summed E-state index contributed by atoms with van der Waals surface area (Å²) in [6, 6.07) is 18.2. The monoisotopic (exact) mass is 445 g/mol. The van der Waals surface area contributed by atoms with Gasteiger partial charge in [0.25, 0.3) is 11.4 Å². The summed E-state index contributed by atoms with van der Waals surface area (Å²) in [6.07, 6.45) is 1.63. The average Bonchev–Trinajstić information content (AvgIpc) is 2.83. The zero-order valence-corrected chi connectivity index (χ0v) is 17.1. The predicted octanol–water partition coefficient (Wildman–Crippen LogP) is 4.79. The number of non-ortho nitro benzene ring substituents is 2. The zero-order valence-electron chi connectivity index (χ0n) is 17.1. The first-order valence-electron chi connectivity index (χ1n) is 9.33. The Balaban J connectivity index is 1.92. The lowest BCUT2D eigenvalue weighted by Crippen LogP contribution is -2.10. The number of allylic oxidation sites excluding steroid dienone is 1. The molecule has 0 aliphatic rings. The summed E-state index contributed by atoms with van der Waals surface area (Å²) in [5.41, 5.74) is 0.130. The molecule has 0 aliphatic heterocycles. The number of ether oxygens (including phenoxy) is 2. The van der Waals surface area contributed by atoms with Crippen LogP contribution < -0.4 is 9.47 Å². The lowest BCUT2D eigenvalue weighted by Gasteiger charge is -2.10. The molecule has 0 saturated heterocycles. The number of hydrogen-bond acceptors (Lipinski definition) is 8. The van der Waals surface area contributed by atoms with Gasteiger partial charge in [0, 0.05) is 12.1 Å². The van der Waals surface area contributed by atoms with Crippen molar-refractivity contribution in [2.45, 2.75) is 0 Å². The number of rotatable bonds is 7. The molecule has 10 nitrogen and oxygen atoms in total. The van der Waals surface area contributed by atoms with Crippen molar-refractivity contribution in [2.75, 3.05) is 7.11 Å². The van der Waals surface area contributed by atoms with E-state index in [1.165, 1.54) is 13.2 Å². The van der Waals surface area contributed by atoms with Crippen molar-refractivity contribution < 1.29 is 24.1 Å². The van der Waals surface area contributed by atoms with E-state index in [0.717, 1.165) is 23.8 Å². The van der Waals surface area contributed by atoms with Gasteiger partial charge in [-0.25, -0.2) is 4.79 Å². The van der Waals surface area contributed by atoms with Gasteiger partial charge in [-0.05, 0) is 29.3 Å². The van der Waals surface area contributed by atoms with Crippen LogP contribution in [0.3, 0.4) is 0 Å². The summed E-state index contributed by atoms with van der Waals surface area (Å²) in [4.78, 5) is 33.0. The van der Waals surface area contributed by atoms with Gasteiger partial charge in [-0.2, -0.15) is 5.26 Å². The minimum absolute atomic E-state index is 0.00738. The van der Waals surface area contributed by atoms with Crippen molar-refractivity contribution in [3.63, 3.8) is 0 Å². The van der Waals surface area contributed by atoms with Crippen molar-refractivity contribution in [1.82, 2.24) is 0 Å². The summed E-state index contributed by atoms with van der Waals surface area (Å²) in [5.74, 6) is -0.889. The Morgan fingerprint density at radius 3 is 2.09 bits per heavy atom. The molecular formula is C23H15N3O7. The highest BCUT2D eigenvalue weighted by atomic mass is 16.6. The van der Waals surface area contributed by atoms with E-state index in [2.05, 4.69) is 6.07 Å². The third-order valence-corrected chi connectivity index (χ3v) is 4.47. The molecule has 3 aromatic rings. The molecule has 0 N–H and O–H groups in total. The Hall–Kier alpha value is -5.04. The number of nitro groups is 2. The molecular weight excluding hydrogens is 430 g/mol. The van der Waals surface area contributed by atoms with Gasteiger partial charge in [0.1, 0.15) is 0 Å². The second-order valence-electron chi connectivity index (χ2n) is 6.59. The summed E-state index contributed by atoms with van der Waals surface area (Å²) >= 11 is 0. The molecule has 33 heavy (non-hydrogen) atoms. The Morgan fingerprint density at radius 1 is 0.909 bits per heavy atom. The van der Waals surface area contributed by atoms with E-state index < -0.39 is 27.2 Å². The first kappa shape index (κ1) is 22.6. The summed E-state index contributed by atoms with van der Waals surface area (Å²) in [6.45, 7) is 0. The molecule has 0 aliphatic carbocycles. The highest BCUT2D eigenvalue weighted by Gasteiger charge is 2.22. The number of hydrogen-bond donors (Lipinski definition) is 0. The second-order valence-corrected chi connectivity index (χ2v) is 6.59. The molecule has 10 heteroatoms. The molecule has 164 valence electrons. The lowest BCUT2D eigenvalue weighted by atomic mass is 10.0. The van der Waals surface area contributed by atoms with Crippen molar-refractivity contribution in [3.8, 4) is 17.6 Å². The average molecular weight is 445 g/mol. The highest BCUT2D eigenvalue weighted by Crippen LogP contribution is 2.31. The van der Waals surface area contributed by atoms with Gasteiger partial charge in [-0.1, -0.05) is 36.4 Å². The number of methoxy groups -OCH3 is 1. The molecule has 3 aromatic carbocycles. The fraction of sp³-hybridized carbons (Fsp3) is 0.0435. The van der Waals surface area contributed by atoms with Crippen LogP contribution in [0.5, 0.6) is 11.5 Å². The van der Waals surface area contributed by atoms with Crippen LogP contribution in [0.1, 0.15) is 21.5 Å². The van der Waals surface area contributed by atoms with E-state index in [0.29, 0.717) is 11.1 Å². The maximum Gasteiger partial charge on any atom is 0.344 e. The molecule has 0 bridgehead atoms. The lowest BCUT2D eigenvalue weighted by molar-refractivity contribution is -0.394. The number of benzene rings is 3. The standard InChI is InChI=1S/C23H15N3O7/c1-32-22-10-15(9-18(14-24)16-5-3-2-4-6-16)7-8-21(22)33-23(27)17-11-19(25(28)29)13-20(12-17)26(30)31/h2-13H,1H3/b18-9+. The number of esters is 1. The van der Waals surface area contributed by atoms with E-state index in [4.69, 9.17) is 9.47 Å². The molecule has 3 rings (SSSR count). The summed E-state index contributed by atoms with van der Waals surface area (Å²) < 4.78 is 10.5. The largest absolute Gasteiger partial charge is 0.493 e. The van der Waals surface area contributed by atoms with Crippen LogP contribution in [0.2, 0.25) is 0 Å². The Bertz CT molecular complexity index is 1280. The number of nitriles is 1. The van der Waals surface area contributed by atoms with Crippen molar-refractivity contribution in [3.05, 3.63) is 104 Å². The van der Waals surface area contributed by atoms with Crippen molar-refractivity contribution >= 4 is 29.0 Å². The first-order valence-corrected chi connectivity index (χ1v) is 9.33. The van der Waals surface area contributed by atoms with Crippen LogP contribution in [0.15, 0.2) is 66.7 Å². The van der Waals surface area contributed by atoms with E-state index in [-0.39, 0.29) is 17.1 Å². The van der Waals surface area contributed by atoms with Crippen LogP contribution in [0, 0.1) is 31.6 Å². The van der Waals surface area contributed by atoms with E-state index in [1.54, 1.807) is 30.3 Å². The Labute approximate surface area is 187 Å². The minimum Gasteiger partial charge on any atom is -0.493 e. The summed E-state index contributed by atoms with van der Waals surface area (Å²) in [5, 5.41) is 31.6.